The number of nitrogens with one attached hydrogen (secondary N) is 2. The number of hydrogen-bond donors (Lipinski definition) is 3. The lowest BCUT2D eigenvalue weighted by atomic mass is 10.3. The zero-order chi connectivity index (χ0) is 14.4. The van der Waals surface area contributed by atoms with Gasteiger partial charge in [0, 0.05) is 18.8 Å². The van der Waals surface area contributed by atoms with Gasteiger partial charge in [-0.05, 0) is 26.8 Å². The normalized spacial score (nSPS) is 18.7. The summed E-state index contributed by atoms with van der Waals surface area (Å²) >= 11 is 0. The van der Waals surface area contributed by atoms with Crippen molar-refractivity contribution in [1.82, 2.24) is 10.2 Å². The molecule has 0 aromatic heterocycles. The van der Waals surface area contributed by atoms with Gasteiger partial charge >= 0.3 is 0 Å². The van der Waals surface area contributed by atoms with Crippen molar-refractivity contribution in [1.29, 1.82) is 5.41 Å². The summed E-state index contributed by atoms with van der Waals surface area (Å²) in [5.41, 5.74) is 6.26. The van der Waals surface area contributed by atoms with Gasteiger partial charge in [0.15, 0.2) is 11.7 Å². The first kappa shape index (κ1) is 15.4. The molecule has 0 unspecified atom stereocenters. The molecule has 6 heteroatoms. The Morgan fingerprint density at radius 2 is 2.26 bits per heavy atom. The molecule has 0 saturated heterocycles. The summed E-state index contributed by atoms with van der Waals surface area (Å²) in [6.45, 7) is 9.61. The van der Waals surface area contributed by atoms with Gasteiger partial charge in [0.25, 0.3) is 0 Å². The molecule has 0 radical (unpaired) electrons. The first-order valence-electron chi connectivity index (χ1n) is 6.61. The van der Waals surface area contributed by atoms with Crippen LogP contribution in [0.1, 0.15) is 34.1 Å². The Morgan fingerprint density at radius 1 is 1.58 bits per heavy atom. The van der Waals surface area contributed by atoms with E-state index in [0.29, 0.717) is 23.4 Å². The predicted octanol–water partition coefficient (Wildman–Crippen LogP) is 1.30. The third-order valence-electron chi connectivity index (χ3n) is 2.78. The van der Waals surface area contributed by atoms with Gasteiger partial charge in [-0.15, -0.1) is 0 Å². The van der Waals surface area contributed by atoms with E-state index in [4.69, 9.17) is 11.1 Å². The molecule has 0 aromatic carbocycles. The highest BCUT2D eigenvalue weighted by Gasteiger charge is 2.25. The van der Waals surface area contributed by atoms with Crippen molar-refractivity contribution < 1.29 is 0 Å². The van der Waals surface area contributed by atoms with Gasteiger partial charge in [-0.25, -0.2) is 9.98 Å². The fourth-order valence-electron chi connectivity index (χ4n) is 1.85. The van der Waals surface area contributed by atoms with Crippen molar-refractivity contribution >= 4 is 17.9 Å². The van der Waals surface area contributed by atoms with Crippen LogP contribution in [0.15, 0.2) is 21.5 Å². The average Bonchev–Trinajstić information content (AvgIpc) is 2.61. The van der Waals surface area contributed by atoms with Gasteiger partial charge < -0.3 is 16.0 Å². The molecule has 1 rings (SSSR count). The minimum atomic E-state index is 0.301. The van der Waals surface area contributed by atoms with Crippen LogP contribution in [-0.2, 0) is 0 Å². The van der Waals surface area contributed by atoms with Crippen LogP contribution in [-0.4, -0.2) is 41.9 Å². The van der Waals surface area contributed by atoms with Crippen molar-refractivity contribution in [3.63, 3.8) is 0 Å². The molecule has 0 spiro atoms. The summed E-state index contributed by atoms with van der Waals surface area (Å²) in [6, 6.07) is 0.484. The molecule has 0 bridgehead atoms. The van der Waals surface area contributed by atoms with E-state index in [1.807, 2.05) is 11.8 Å². The lowest BCUT2D eigenvalue weighted by Crippen LogP contribution is -2.34. The second kappa shape index (κ2) is 7.04. The van der Waals surface area contributed by atoms with E-state index in [1.165, 1.54) is 0 Å². The Hall–Kier alpha value is -1.69. The number of rotatable bonds is 6. The molecular weight excluding hydrogens is 240 g/mol. The minimum absolute atomic E-state index is 0.301. The summed E-state index contributed by atoms with van der Waals surface area (Å²) in [4.78, 5) is 10.2. The zero-order valence-electron chi connectivity index (χ0n) is 12.2. The SMILES string of the molecule is C/C=N\C(N)=C1\N=C(C)N(CCCNC(C)C)C1=N. The second-order valence-corrected chi connectivity index (χ2v) is 4.74. The third-order valence-corrected chi connectivity index (χ3v) is 2.78. The van der Waals surface area contributed by atoms with Crippen molar-refractivity contribution in [2.75, 3.05) is 13.1 Å². The van der Waals surface area contributed by atoms with E-state index in [9.17, 15) is 0 Å². The fourth-order valence-corrected chi connectivity index (χ4v) is 1.85. The van der Waals surface area contributed by atoms with Crippen LogP contribution in [0.5, 0.6) is 0 Å². The second-order valence-electron chi connectivity index (χ2n) is 4.74. The molecule has 0 aromatic rings. The van der Waals surface area contributed by atoms with Crippen LogP contribution < -0.4 is 11.1 Å². The van der Waals surface area contributed by atoms with Gasteiger partial charge in [-0.1, -0.05) is 13.8 Å². The highest BCUT2D eigenvalue weighted by molar-refractivity contribution is 6.13. The van der Waals surface area contributed by atoms with Crippen LogP contribution in [0.4, 0.5) is 0 Å². The molecule has 6 nitrogen and oxygen atoms in total. The quantitative estimate of drug-likeness (QED) is 0.499. The maximum Gasteiger partial charge on any atom is 0.156 e. The minimum Gasteiger partial charge on any atom is -0.382 e. The topological polar surface area (TPSA) is 89.9 Å². The predicted molar refractivity (Wildman–Crippen MR) is 80.7 cm³/mol. The summed E-state index contributed by atoms with van der Waals surface area (Å²) in [6.07, 6.45) is 2.56. The summed E-state index contributed by atoms with van der Waals surface area (Å²) in [5.74, 6) is 1.44. The Labute approximate surface area is 115 Å². The molecule has 1 heterocycles. The first-order chi connectivity index (χ1) is 8.97. The van der Waals surface area contributed by atoms with Crippen LogP contribution in [0.25, 0.3) is 0 Å². The van der Waals surface area contributed by atoms with Crippen molar-refractivity contribution in [3.8, 4) is 0 Å². The third kappa shape index (κ3) is 4.17. The van der Waals surface area contributed by atoms with Gasteiger partial charge in [0.1, 0.15) is 11.5 Å². The van der Waals surface area contributed by atoms with Crippen LogP contribution in [0.3, 0.4) is 0 Å². The van der Waals surface area contributed by atoms with E-state index in [1.54, 1.807) is 13.1 Å². The molecule has 1 aliphatic rings. The lowest BCUT2D eigenvalue weighted by molar-refractivity contribution is 0.518. The van der Waals surface area contributed by atoms with Gasteiger partial charge in [0.05, 0.1) is 0 Å². The number of amidine groups is 2. The number of hydrogen-bond acceptors (Lipinski definition) is 5. The van der Waals surface area contributed by atoms with Gasteiger partial charge in [0.2, 0.25) is 0 Å². The summed E-state index contributed by atoms with van der Waals surface area (Å²) < 4.78 is 0. The van der Waals surface area contributed by atoms with E-state index in [-0.39, 0.29) is 0 Å². The Balaban J connectivity index is 2.62. The highest BCUT2D eigenvalue weighted by atomic mass is 15.3. The Kier molecular flexibility index (Phi) is 5.69. The number of aliphatic imine (C=N–C) groups is 2. The molecule has 0 atom stereocenters. The molecule has 4 N–H and O–H groups in total. The van der Waals surface area contributed by atoms with Crippen molar-refractivity contribution in [2.24, 2.45) is 15.7 Å². The van der Waals surface area contributed by atoms with E-state index in [0.717, 1.165) is 25.3 Å². The van der Waals surface area contributed by atoms with Crippen LogP contribution >= 0.6 is 0 Å². The molecule has 19 heavy (non-hydrogen) atoms. The van der Waals surface area contributed by atoms with Crippen molar-refractivity contribution in [3.05, 3.63) is 11.5 Å². The smallest absolute Gasteiger partial charge is 0.156 e. The van der Waals surface area contributed by atoms with Crippen LogP contribution in [0, 0.1) is 5.41 Å². The molecular formula is C13H24N6. The monoisotopic (exact) mass is 264 g/mol. The Bertz CT molecular complexity index is 419. The standard InChI is InChI=1S/C13H24N6/c1-5-16-12(14)11-13(15)19(10(4)18-11)8-6-7-17-9(2)3/h5,9,15,17H,6-8,14H2,1-4H3/b12-11+,15-13?,16-5-. The number of nitrogens with two attached hydrogens (primary N) is 1. The first-order valence-corrected chi connectivity index (χ1v) is 6.61. The summed E-state index contributed by atoms with van der Waals surface area (Å²) in [5, 5.41) is 11.5. The largest absolute Gasteiger partial charge is 0.382 e. The maximum absolute atomic E-state index is 8.10. The molecule has 0 aliphatic carbocycles. The molecule has 0 fully saturated rings. The van der Waals surface area contributed by atoms with E-state index >= 15 is 0 Å². The molecule has 106 valence electrons. The van der Waals surface area contributed by atoms with Gasteiger partial charge in [-0.3, -0.25) is 5.41 Å². The fraction of sp³-hybridized carbons (Fsp3) is 0.615. The lowest BCUT2D eigenvalue weighted by Gasteiger charge is -2.18. The van der Waals surface area contributed by atoms with E-state index < -0.39 is 0 Å². The average molecular weight is 264 g/mol. The molecule has 0 amide bonds. The Morgan fingerprint density at radius 3 is 2.84 bits per heavy atom. The molecule has 0 saturated carbocycles. The van der Waals surface area contributed by atoms with Crippen LogP contribution in [0.2, 0.25) is 0 Å². The molecule has 1 aliphatic heterocycles. The zero-order valence-corrected chi connectivity index (χ0v) is 12.2. The summed E-state index contributed by atoms with van der Waals surface area (Å²) in [7, 11) is 0. The number of nitrogens with zero attached hydrogens (tertiary/aromatic N) is 3. The maximum atomic E-state index is 8.10. The van der Waals surface area contributed by atoms with Gasteiger partial charge in [-0.2, -0.15) is 0 Å². The van der Waals surface area contributed by atoms with E-state index in [2.05, 4.69) is 29.1 Å². The van der Waals surface area contributed by atoms with Crippen molar-refractivity contribution in [2.45, 2.75) is 40.2 Å². The highest BCUT2D eigenvalue weighted by Crippen LogP contribution is 2.17.